The standard InChI is InChI=1S/C15H20FNO2/c1-19-11-8-12-6-9-17(10-7-12)15(18)13-4-2-3-5-14(13)16/h2-5,12H,6-11H2,1H3. The average molecular weight is 265 g/mol. The van der Waals surface area contributed by atoms with E-state index in [1.54, 1.807) is 30.2 Å². The molecule has 0 radical (unpaired) electrons. The van der Waals surface area contributed by atoms with Gasteiger partial charge in [-0.05, 0) is 37.3 Å². The van der Waals surface area contributed by atoms with Crippen LogP contribution < -0.4 is 0 Å². The van der Waals surface area contributed by atoms with E-state index in [0.29, 0.717) is 19.0 Å². The molecular formula is C15H20FNO2. The van der Waals surface area contributed by atoms with Gasteiger partial charge in [0.15, 0.2) is 0 Å². The summed E-state index contributed by atoms with van der Waals surface area (Å²) in [6.45, 7) is 2.19. The highest BCUT2D eigenvalue weighted by molar-refractivity contribution is 5.94. The Bertz CT molecular complexity index is 428. The van der Waals surface area contributed by atoms with Crippen molar-refractivity contribution >= 4 is 5.91 Å². The van der Waals surface area contributed by atoms with E-state index in [0.717, 1.165) is 25.9 Å². The number of piperidine rings is 1. The van der Waals surface area contributed by atoms with Gasteiger partial charge in [-0.15, -0.1) is 0 Å². The van der Waals surface area contributed by atoms with Crippen molar-refractivity contribution in [2.75, 3.05) is 26.8 Å². The number of ether oxygens (including phenoxy) is 1. The highest BCUT2D eigenvalue weighted by Crippen LogP contribution is 2.22. The summed E-state index contributed by atoms with van der Waals surface area (Å²) in [6.07, 6.45) is 2.99. The molecule has 1 fully saturated rings. The summed E-state index contributed by atoms with van der Waals surface area (Å²) in [4.78, 5) is 14.0. The Morgan fingerprint density at radius 2 is 2.05 bits per heavy atom. The highest BCUT2D eigenvalue weighted by atomic mass is 19.1. The van der Waals surface area contributed by atoms with Crippen molar-refractivity contribution < 1.29 is 13.9 Å². The summed E-state index contributed by atoms with van der Waals surface area (Å²) in [5.74, 6) is -0.0121. The summed E-state index contributed by atoms with van der Waals surface area (Å²) < 4.78 is 18.6. The van der Waals surface area contributed by atoms with Crippen LogP contribution in [0.2, 0.25) is 0 Å². The summed E-state index contributed by atoms with van der Waals surface area (Å²) >= 11 is 0. The second-order valence-corrected chi connectivity index (χ2v) is 5.00. The second-order valence-electron chi connectivity index (χ2n) is 5.00. The zero-order chi connectivity index (χ0) is 13.7. The molecule has 0 atom stereocenters. The van der Waals surface area contributed by atoms with Gasteiger partial charge >= 0.3 is 0 Å². The fraction of sp³-hybridized carbons (Fsp3) is 0.533. The molecule has 0 spiro atoms. The van der Waals surface area contributed by atoms with Crippen molar-refractivity contribution in [1.29, 1.82) is 0 Å². The maximum absolute atomic E-state index is 13.6. The van der Waals surface area contributed by atoms with E-state index in [2.05, 4.69) is 0 Å². The molecule has 19 heavy (non-hydrogen) atoms. The Morgan fingerprint density at radius 1 is 1.37 bits per heavy atom. The summed E-state index contributed by atoms with van der Waals surface area (Å²) in [6, 6.07) is 6.18. The molecule has 1 aliphatic heterocycles. The topological polar surface area (TPSA) is 29.5 Å². The van der Waals surface area contributed by atoms with Gasteiger partial charge in [0.2, 0.25) is 0 Å². The fourth-order valence-corrected chi connectivity index (χ4v) is 2.51. The van der Waals surface area contributed by atoms with Crippen LogP contribution in [0.4, 0.5) is 4.39 Å². The molecule has 4 heteroatoms. The Kier molecular flexibility index (Phi) is 4.91. The van der Waals surface area contributed by atoms with Crippen molar-refractivity contribution in [1.82, 2.24) is 4.90 Å². The number of halogens is 1. The van der Waals surface area contributed by atoms with Crippen molar-refractivity contribution in [3.05, 3.63) is 35.6 Å². The van der Waals surface area contributed by atoms with E-state index in [1.165, 1.54) is 6.07 Å². The first-order chi connectivity index (χ1) is 9.22. The summed E-state index contributed by atoms with van der Waals surface area (Å²) in [7, 11) is 1.71. The first-order valence-corrected chi connectivity index (χ1v) is 6.75. The first kappa shape index (κ1) is 14.0. The van der Waals surface area contributed by atoms with Gasteiger partial charge in [-0.25, -0.2) is 4.39 Å². The van der Waals surface area contributed by atoms with E-state index in [4.69, 9.17) is 4.74 Å². The molecule has 1 aromatic carbocycles. The van der Waals surface area contributed by atoms with E-state index in [9.17, 15) is 9.18 Å². The zero-order valence-electron chi connectivity index (χ0n) is 11.3. The minimum Gasteiger partial charge on any atom is -0.385 e. The molecule has 104 valence electrons. The normalized spacial score (nSPS) is 16.6. The van der Waals surface area contributed by atoms with Crippen LogP contribution in [0.1, 0.15) is 29.6 Å². The van der Waals surface area contributed by atoms with E-state index in [-0.39, 0.29) is 11.5 Å². The summed E-state index contributed by atoms with van der Waals surface area (Å²) in [5, 5.41) is 0. The van der Waals surface area contributed by atoms with Crippen LogP contribution in [0.3, 0.4) is 0 Å². The van der Waals surface area contributed by atoms with Gasteiger partial charge in [0.05, 0.1) is 5.56 Å². The Labute approximate surface area is 113 Å². The third-order valence-electron chi connectivity index (χ3n) is 3.74. The highest BCUT2D eigenvalue weighted by Gasteiger charge is 2.24. The Balaban J connectivity index is 1.91. The lowest BCUT2D eigenvalue weighted by molar-refractivity contribution is 0.0665. The van der Waals surface area contributed by atoms with Crippen molar-refractivity contribution in [2.24, 2.45) is 5.92 Å². The maximum Gasteiger partial charge on any atom is 0.256 e. The Morgan fingerprint density at radius 3 is 2.68 bits per heavy atom. The summed E-state index contributed by atoms with van der Waals surface area (Å²) in [5.41, 5.74) is 0.179. The lowest BCUT2D eigenvalue weighted by Gasteiger charge is -2.32. The molecule has 3 nitrogen and oxygen atoms in total. The van der Waals surface area contributed by atoms with Crippen molar-refractivity contribution in [2.45, 2.75) is 19.3 Å². The molecule has 1 saturated heterocycles. The van der Waals surface area contributed by atoms with E-state index < -0.39 is 5.82 Å². The van der Waals surface area contributed by atoms with Crippen LogP contribution in [0.25, 0.3) is 0 Å². The molecule has 0 bridgehead atoms. The third-order valence-corrected chi connectivity index (χ3v) is 3.74. The van der Waals surface area contributed by atoms with Crippen LogP contribution in [0.15, 0.2) is 24.3 Å². The minimum atomic E-state index is -0.436. The number of amides is 1. The van der Waals surface area contributed by atoms with Crippen LogP contribution in [-0.2, 0) is 4.74 Å². The number of methoxy groups -OCH3 is 1. The molecule has 0 unspecified atom stereocenters. The number of likely N-dealkylation sites (tertiary alicyclic amines) is 1. The lowest BCUT2D eigenvalue weighted by atomic mass is 9.93. The van der Waals surface area contributed by atoms with Gasteiger partial charge in [-0.3, -0.25) is 4.79 Å². The van der Waals surface area contributed by atoms with Gasteiger partial charge in [0, 0.05) is 26.8 Å². The molecule has 0 saturated carbocycles. The predicted octanol–water partition coefficient (Wildman–Crippen LogP) is 2.71. The molecule has 1 heterocycles. The fourth-order valence-electron chi connectivity index (χ4n) is 2.51. The maximum atomic E-state index is 13.6. The quantitative estimate of drug-likeness (QED) is 0.837. The minimum absolute atomic E-state index is 0.179. The van der Waals surface area contributed by atoms with Gasteiger partial charge in [0.1, 0.15) is 5.82 Å². The number of carbonyl (C=O) groups is 1. The first-order valence-electron chi connectivity index (χ1n) is 6.75. The van der Waals surface area contributed by atoms with Gasteiger partial charge in [0.25, 0.3) is 5.91 Å². The second kappa shape index (κ2) is 6.66. The smallest absolute Gasteiger partial charge is 0.256 e. The van der Waals surface area contributed by atoms with Crippen LogP contribution in [-0.4, -0.2) is 37.6 Å². The number of hydrogen-bond donors (Lipinski definition) is 0. The van der Waals surface area contributed by atoms with Gasteiger partial charge in [-0.1, -0.05) is 12.1 Å². The molecule has 0 aromatic heterocycles. The number of rotatable bonds is 4. The van der Waals surface area contributed by atoms with E-state index in [1.807, 2.05) is 0 Å². The molecule has 2 rings (SSSR count). The number of carbonyl (C=O) groups excluding carboxylic acids is 1. The molecule has 0 aliphatic carbocycles. The number of benzene rings is 1. The molecule has 1 amide bonds. The van der Waals surface area contributed by atoms with Crippen molar-refractivity contribution in [3.63, 3.8) is 0 Å². The van der Waals surface area contributed by atoms with Crippen LogP contribution >= 0.6 is 0 Å². The van der Waals surface area contributed by atoms with Gasteiger partial charge < -0.3 is 9.64 Å². The van der Waals surface area contributed by atoms with Crippen LogP contribution in [0, 0.1) is 11.7 Å². The molecule has 0 N–H and O–H groups in total. The van der Waals surface area contributed by atoms with Crippen molar-refractivity contribution in [3.8, 4) is 0 Å². The average Bonchev–Trinajstić information content (AvgIpc) is 2.45. The van der Waals surface area contributed by atoms with E-state index >= 15 is 0 Å². The van der Waals surface area contributed by atoms with Crippen LogP contribution in [0.5, 0.6) is 0 Å². The molecular weight excluding hydrogens is 245 g/mol. The van der Waals surface area contributed by atoms with Gasteiger partial charge in [-0.2, -0.15) is 0 Å². The largest absolute Gasteiger partial charge is 0.385 e. The SMILES string of the molecule is COCCC1CCN(C(=O)c2ccccc2F)CC1. The lowest BCUT2D eigenvalue weighted by Crippen LogP contribution is -2.39. The monoisotopic (exact) mass is 265 g/mol. The number of hydrogen-bond acceptors (Lipinski definition) is 2. The zero-order valence-corrected chi connectivity index (χ0v) is 11.3. The molecule has 1 aromatic rings. The number of nitrogens with zero attached hydrogens (tertiary/aromatic N) is 1. The Hall–Kier alpha value is -1.42. The molecule has 1 aliphatic rings. The predicted molar refractivity (Wildman–Crippen MR) is 71.5 cm³/mol. The third kappa shape index (κ3) is 3.53.